The zero-order valence-corrected chi connectivity index (χ0v) is 22.7. The fourth-order valence-electron chi connectivity index (χ4n) is 4.50. The predicted octanol–water partition coefficient (Wildman–Crippen LogP) is 4.70. The highest BCUT2D eigenvalue weighted by molar-refractivity contribution is 7.93. The SMILES string of the molecule is O=C(c1ccc(NS(=O)(=O)c2cccc3cccnc23)c(C(F)(F)F)c1)N1CCN(C(=O)c2cccnc2Cl)CC1. The van der Waals surface area contributed by atoms with Gasteiger partial charge in [0.2, 0.25) is 0 Å². The van der Waals surface area contributed by atoms with E-state index in [2.05, 4.69) is 9.97 Å². The summed E-state index contributed by atoms with van der Waals surface area (Å²) in [5.41, 5.74) is -2.01. The fraction of sp³-hybridized carbons (Fsp3) is 0.185. The third-order valence-corrected chi connectivity index (χ3v) is 8.24. The Labute approximate surface area is 237 Å². The second-order valence-electron chi connectivity index (χ2n) is 9.12. The predicted molar refractivity (Wildman–Crippen MR) is 145 cm³/mol. The van der Waals surface area contributed by atoms with Crippen molar-refractivity contribution in [2.45, 2.75) is 11.1 Å². The molecule has 1 fully saturated rings. The second-order valence-corrected chi connectivity index (χ2v) is 11.1. The molecule has 14 heteroatoms. The van der Waals surface area contributed by atoms with Crippen LogP contribution in [0.15, 0.2) is 78.0 Å². The van der Waals surface area contributed by atoms with Crippen LogP contribution in [0.3, 0.4) is 0 Å². The summed E-state index contributed by atoms with van der Waals surface area (Å²) in [6, 6.07) is 13.3. The number of pyridine rings is 2. The quantitative estimate of drug-likeness (QED) is 0.331. The van der Waals surface area contributed by atoms with Crippen LogP contribution in [0.2, 0.25) is 5.15 Å². The molecule has 1 aliphatic rings. The number of carbonyl (C=O) groups is 2. The zero-order valence-electron chi connectivity index (χ0n) is 21.1. The first-order chi connectivity index (χ1) is 19.5. The van der Waals surface area contributed by atoms with E-state index in [1.807, 2.05) is 4.72 Å². The summed E-state index contributed by atoms with van der Waals surface area (Å²) >= 11 is 6.00. The van der Waals surface area contributed by atoms with Crippen molar-refractivity contribution in [1.82, 2.24) is 19.8 Å². The standard InChI is InChI=1S/C27H21ClF3N5O4S/c28-24-19(6-3-11-33-24)26(38)36-14-12-35(13-15-36)25(37)18-8-9-21(20(16-18)27(29,30)31)34-41(39,40)22-7-1-4-17-5-2-10-32-23(17)22/h1-11,16,34H,12-15H2. The van der Waals surface area contributed by atoms with Crippen molar-refractivity contribution in [3.05, 3.63) is 94.9 Å². The number of piperazine rings is 1. The molecule has 0 atom stereocenters. The summed E-state index contributed by atoms with van der Waals surface area (Å²) in [4.78, 5) is 36.3. The fourth-order valence-corrected chi connectivity index (χ4v) is 5.97. The van der Waals surface area contributed by atoms with Gasteiger partial charge in [-0.05, 0) is 42.5 Å². The lowest BCUT2D eigenvalue weighted by Gasteiger charge is -2.35. The van der Waals surface area contributed by atoms with Gasteiger partial charge in [0, 0.05) is 49.5 Å². The highest BCUT2D eigenvalue weighted by atomic mass is 35.5. The number of rotatable bonds is 5. The van der Waals surface area contributed by atoms with E-state index in [1.54, 1.807) is 24.3 Å². The molecule has 2 amide bonds. The molecule has 0 aliphatic carbocycles. The Balaban J connectivity index is 1.36. The van der Waals surface area contributed by atoms with E-state index in [4.69, 9.17) is 11.6 Å². The van der Waals surface area contributed by atoms with Gasteiger partial charge in [0.25, 0.3) is 21.8 Å². The van der Waals surface area contributed by atoms with Crippen molar-refractivity contribution in [2.75, 3.05) is 30.9 Å². The molecule has 4 aromatic rings. The summed E-state index contributed by atoms with van der Waals surface area (Å²) in [5, 5.41) is 0.542. The van der Waals surface area contributed by atoms with Gasteiger partial charge < -0.3 is 9.80 Å². The largest absolute Gasteiger partial charge is 0.418 e. The average Bonchev–Trinajstić information content (AvgIpc) is 2.96. The van der Waals surface area contributed by atoms with Gasteiger partial charge in [0.1, 0.15) is 10.0 Å². The van der Waals surface area contributed by atoms with Crippen LogP contribution in [0.1, 0.15) is 26.3 Å². The molecule has 2 aromatic heterocycles. The first-order valence-electron chi connectivity index (χ1n) is 12.2. The van der Waals surface area contributed by atoms with Crippen molar-refractivity contribution in [2.24, 2.45) is 0 Å². The van der Waals surface area contributed by atoms with Crippen LogP contribution in [0.5, 0.6) is 0 Å². The van der Waals surface area contributed by atoms with Crippen LogP contribution in [0.25, 0.3) is 10.9 Å². The van der Waals surface area contributed by atoms with E-state index in [0.29, 0.717) is 11.5 Å². The number of halogens is 4. The summed E-state index contributed by atoms with van der Waals surface area (Å²) in [6.07, 6.45) is -2.14. The number of amides is 2. The van der Waals surface area contributed by atoms with E-state index in [0.717, 1.165) is 12.1 Å². The zero-order chi connectivity index (χ0) is 29.4. The van der Waals surface area contributed by atoms with Crippen LogP contribution < -0.4 is 4.72 Å². The van der Waals surface area contributed by atoms with Crippen molar-refractivity contribution >= 4 is 50.0 Å². The topological polar surface area (TPSA) is 113 Å². The van der Waals surface area contributed by atoms with E-state index < -0.39 is 33.4 Å². The summed E-state index contributed by atoms with van der Waals surface area (Å²) in [7, 11) is -4.48. The minimum atomic E-state index is -4.97. The first-order valence-corrected chi connectivity index (χ1v) is 14.1. The Morgan fingerprint density at radius 2 is 1.49 bits per heavy atom. The van der Waals surface area contributed by atoms with Gasteiger partial charge in [-0.2, -0.15) is 13.2 Å². The number of nitrogens with zero attached hydrogens (tertiary/aromatic N) is 4. The number of carbonyl (C=O) groups excluding carboxylic acids is 2. The molecule has 0 saturated carbocycles. The number of sulfonamides is 1. The maximum atomic E-state index is 14.1. The molecule has 0 spiro atoms. The molecule has 1 saturated heterocycles. The molecule has 2 aromatic carbocycles. The number of nitrogens with one attached hydrogen (secondary N) is 1. The van der Waals surface area contributed by atoms with Gasteiger partial charge in [-0.15, -0.1) is 0 Å². The monoisotopic (exact) mass is 603 g/mol. The number of alkyl halides is 3. The van der Waals surface area contributed by atoms with Gasteiger partial charge in [0.05, 0.1) is 22.3 Å². The molecule has 0 bridgehead atoms. The molecular formula is C27H21ClF3N5O4S. The Morgan fingerprint density at radius 3 is 2.17 bits per heavy atom. The van der Waals surface area contributed by atoms with Crippen LogP contribution in [-0.4, -0.2) is 66.2 Å². The molecule has 0 unspecified atom stereocenters. The maximum absolute atomic E-state index is 14.1. The highest BCUT2D eigenvalue weighted by Crippen LogP contribution is 2.37. The molecule has 0 radical (unpaired) electrons. The van der Waals surface area contributed by atoms with Crippen molar-refractivity contribution in [1.29, 1.82) is 0 Å². The van der Waals surface area contributed by atoms with Crippen molar-refractivity contribution in [3.63, 3.8) is 0 Å². The van der Waals surface area contributed by atoms with Crippen LogP contribution >= 0.6 is 11.6 Å². The number of benzene rings is 2. The minimum Gasteiger partial charge on any atom is -0.335 e. The molecule has 5 rings (SSSR count). The second kappa shape index (κ2) is 11.0. The summed E-state index contributed by atoms with van der Waals surface area (Å²) in [5.74, 6) is -1.05. The molecule has 9 nitrogen and oxygen atoms in total. The number of aromatic nitrogens is 2. The smallest absolute Gasteiger partial charge is 0.335 e. The van der Waals surface area contributed by atoms with Crippen LogP contribution in [0.4, 0.5) is 18.9 Å². The number of para-hydroxylation sites is 1. The molecule has 1 N–H and O–H groups in total. The Morgan fingerprint density at radius 1 is 0.854 bits per heavy atom. The third-order valence-electron chi connectivity index (χ3n) is 6.55. The van der Waals surface area contributed by atoms with Gasteiger partial charge in [-0.1, -0.05) is 29.8 Å². The number of fused-ring (bicyclic) bond motifs is 1. The normalized spacial score (nSPS) is 14.2. The Kier molecular flexibility index (Phi) is 7.58. The third kappa shape index (κ3) is 5.81. The van der Waals surface area contributed by atoms with E-state index >= 15 is 0 Å². The van der Waals surface area contributed by atoms with Crippen LogP contribution in [0, 0.1) is 0 Å². The van der Waals surface area contributed by atoms with Gasteiger partial charge in [0.15, 0.2) is 0 Å². The maximum Gasteiger partial charge on any atom is 0.418 e. The number of hydrogen-bond donors (Lipinski definition) is 1. The van der Waals surface area contributed by atoms with E-state index in [-0.39, 0.29) is 58.8 Å². The molecular weight excluding hydrogens is 583 g/mol. The van der Waals surface area contributed by atoms with E-state index in [1.165, 1.54) is 40.4 Å². The molecule has 1 aliphatic heterocycles. The Hall–Kier alpha value is -4.23. The number of anilines is 1. The summed E-state index contributed by atoms with van der Waals surface area (Å²) in [6.45, 7) is 0.427. The highest BCUT2D eigenvalue weighted by Gasteiger charge is 2.36. The minimum absolute atomic E-state index is 0.0445. The van der Waals surface area contributed by atoms with Gasteiger partial charge >= 0.3 is 6.18 Å². The lowest BCUT2D eigenvalue weighted by molar-refractivity contribution is -0.136. The first kappa shape index (κ1) is 28.3. The Bertz CT molecular complexity index is 1750. The molecule has 3 heterocycles. The molecule has 41 heavy (non-hydrogen) atoms. The van der Waals surface area contributed by atoms with E-state index in [9.17, 15) is 31.2 Å². The molecule has 212 valence electrons. The van der Waals surface area contributed by atoms with Crippen molar-refractivity contribution < 1.29 is 31.2 Å². The van der Waals surface area contributed by atoms with Crippen molar-refractivity contribution in [3.8, 4) is 0 Å². The summed E-state index contributed by atoms with van der Waals surface area (Å²) < 4.78 is 70.5. The van der Waals surface area contributed by atoms with Gasteiger partial charge in [-0.3, -0.25) is 19.3 Å². The number of hydrogen-bond acceptors (Lipinski definition) is 6. The van der Waals surface area contributed by atoms with Gasteiger partial charge in [-0.25, -0.2) is 13.4 Å². The van der Waals surface area contributed by atoms with Crippen LogP contribution in [-0.2, 0) is 16.2 Å². The average molecular weight is 604 g/mol. The lowest BCUT2D eigenvalue weighted by atomic mass is 10.1. The lowest BCUT2D eigenvalue weighted by Crippen LogP contribution is -2.50.